The number of rotatable bonds is 4. The van der Waals surface area contributed by atoms with Crippen LogP contribution in [0.4, 0.5) is 0 Å². The van der Waals surface area contributed by atoms with Crippen molar-refractivity contribution in [2.75, 3.05) is 6.61 Å². The van der Waals surface area contributed by atoms with E-state index in [1.807, 2.05) is 11.8 Å². The molecular weight excluding hydrogens is 216 g/mol. The molecule has 1 N–H and O–H groups in total. The van der Waals surface area contributed by atoms with Gasteiger partial charge in [0.2, 0.25) is 0 Å². The first-order valence-electron chi connectivity index (χ1n) is 6.00. The molecule has 0 amide bonds. The van der Waals surface area contributed by atoms with Gasteiger partial charge in [-0.15, -0.1) is 11.8 Å². The molecule has 16 heavy (non-hydrogen) atoms. The van der Waals surface area contributed by atoms with E-state index in [0.717, 1.165) is 5.25 Å². The topological polar surface area (TPSA) is 20.2 Å². The molecule has 0 aromatic heterocycles. The van der Waals surface area contributed by atoms with Crippen LogP contribution in [0.3, 0.4) is 0 Å². The van der Waals surface area contributed by atoms with Crippen LogP contribution < -0.4 is 0 Å². The van der Waals surface area contributed by atoms with Crippen molar-refractivity contribution >= 4 is 11.8 Å². The Balaban J connectivity index is 2.22. The second-order valence-electron chi connectivity index (χ2n) is 5.21. The molecule has 1 aliphatic carbocycles. The molecule has 0 radical (unpaired) electrons. The standard InChI is InChI=1S/C14H20OS/c1-14(2,10-15)12-8-3-4-9-13(12)16-11-6-5-7-11/h3-4,8-9,11,15H,5-7,10H2,1-2H3. The van der Waals surface area contributed by atoms with Crippen molar-refractivity contribution in [2.24, 2.45) is 0 Å². The van der Waals surface area contributed by atoms with Gasteiger partial charge in [-0.2, -0.15) is 0 Å². The van der Waals surface area contributed by atoms with Crippen LogP contribution >= 0.6 is 11.8 Å². The van der Waals surface area contributed by atoms with Gasteiger partial charge in [-0.1, -0.05) is 38.5 Å². The fourth-order valence-corrected chi connectivity index (χ4v) is 3.44. The van der Waals surface area contributed by atoms with Crippen LogP contribution in [-0.4, -0.2) is 17.0 Å². The van der Waals surface area contributed by atoms with E-state index in [0.29, 0.717) is 0 Å². The van der Waals surface area contributed by atoms with Crippen molar-refractivity contribution in [1.29, 1.82) is 0 Å². The van der Waals surface area contributed by atoms with Crippen molar-refractivity contribution in [3.63, 3.8) is 0 Å². The highest BCUT2D eigenvalue weighted by Gasteiger charge is 2.25. The second-order valence-corrected chi connectivity index (χ2v) is 6.55. The van der Waals surface area contributed by atoms with Gasteiger partial charge in [0.1, 0.15) is 0 Å². The van der Waals surface area contributed by atoms with Crippen molar-refractivity contribution in [1.82, 2.24) is 0 Å². The van der Waals surface area contributed by atoms with Crippen LogP contribution in [0.25, 0.3) is 0 Å². The van der Waals surface area contributed by atoms with Crippen LogP contribution in [0.15, 0.2) is 29.2 Å². The highest BCUT2D eigenvalue weighted by Crippen LogP contribution is 2.40. The Morgan fingerprint density at radius 1 is 1.31 bits per heavy atom. The van der Waals surface area contributed by atoms with Gasteiger partial charge >= 0.3 is 0 Å². The molecule has 0 unspecified atom stereocenters. The summed E-state index contributed by atoms with van der Waals surface area (Å²) in [5.74, 6) is 0. The fraction of sp³-hybridized carbons (Fsp3) is 0.571. The lowest BCUT2D eigenvalue weighted by Gasteiger charge is -2.29. The fourth-order valence-electron chi connectivity index (χ4n) is 1.88. The average Bonchev–Trinajstić information content (AvgIpc) is 2.24. The predicted octanol–water partition coefficient (Wildman–Crippen LogP) is 3.60. The van der Waals surface area contributed by atoms with Crippen LogP contribution in [0.5, 0.6) is 0 Å². The Kier molecular flexibility index (Phi) is 3.60. The van der Waals surface area contributed by atoms with Gasteiger partial charge in [-0.25, -0.2) is 0 Å². The average molecular weight is 236 g/mol. The van der Waals surface area contributed by atoms with Gasteiger partial charge < -0.3 is 5.11 Å². The summed E-state index contributed by atoms with van der Waals surface area (Å²) in [6.45, 7) is 4.41. The summed E-state index contributed by atoms with van der Waals surface area (Å²) in [6, 6.07) is 8.50. The number of aliphatic hydroxyl groups excluding tert-OH is 1. The third-order valence-corrected chi connectivity index (χ3v) is 4.77. The Labute approximate surface area is 102 Å². The Morgan fingerprint density at radius 2 is 2.00 bits per heavy atom. The van der Waals surface area contributed by atoms with E-state index in [4.69, 9.17) is 0 Å². The molecule has 0 aliphatic heterocycles. The minimum Gasteiger partial charge on any atom is -0.395 e. The third kappa shape index (κ3) is 2.44. The normalized spacial score (nSPS) is 17.2. The van der Waals surface area contributed by atoms with Crippen LogP contribution in [-0.2, 0) is 5.41 Å². The first-order valence-corrected chi connectivity index (χ1v) is 6.88. The molecule has 0 spiro atoms. The molecule has 1 aromatic carbocycles. The molecule has 0 saturated heterocycles. The molecule has 0 heterocycles. The molecule has 2 rings (SSSR count). The van der Waals surface area contributed by atoms with E-state index in [1.54, 1.807) is 0 Å². The van der Waals surface area contributed by atoms with Crippen molar-refractivity contribution < 1.29 is 5.11 Å². The van der Waals surface area contributed by atoms with E-state index in [9.17, 15) is 5.11 Å². The summed E-state index contributed by atoms with van der Waals surface area (Å²) in [5.41, 5.74) is 1.15. The van der Waals surface area contributed by atoms with E-state index in [2.05, 4.69) is 38.1 Å². The number of aliphatic hydroxyl groups is 1. The smallest absolute Gasteiger partial charge is 0.0523 e. The van der Waals surface area contributed by atoms with Gasteiger partial charge in [-0.05, 0) is 24.5 Å². The van der Waals surface area contributed by atoms with Gasteiger partial charge in [-0.3, -0.25) is 0 Å². The number of benzene rings is 1. The highest BCUT2D eigenvalue weighted by molar-refractivity contribution is 8.00. The summed E-state index contributed by atoms with van der Waals surface area (Å²) >= 11 is 1.99. The quantitative estimate of drug-likeness (QED) is 0.862. The lowest BCUT2D eigenvalue weighted by molar-refractivity contribution is 0.216. The monoisotopic (exact) mass is 236 g/mol. The molecule has 1 fully saturated rings. The molecule has 1 aliphatic rings. The maximum atomic E-state index is 9.47. The summed E-state index contributed by atoms with van der Waals surface area (Å²) in [5, 5.41) is 10.3. The zero-order valence-electron chi connectivity index (χ0n) is 10.1. The van der Waals surface area contributed by atoms with E-state index >= 15 is 0 Å². The van der Waals surface area contributed by atoms with Crippen molar-refractivity contribution in [3.8, 4) is 0 Å². The molecule has 2 heteroatoms. The van der Waals surface area contributed by atoms with Crippen LogP contribution in [0.2, 0.25) is 0 Å². The molecule has 0 bridgehead atoms. The first-order chi connectivity index (χ1) is 7.63. The summed E-state index contributed by atoms with van der Waals surface area (Å²) in [4.78, 5) is 1.35. The number of hydrogen-bond acceptors (Lipinski definition) is 2. The maximum Gasteiger partial charge on any atom is 0.0523 e. The van der Waals surface area contributed by atoms with E-state index in [-0.39, 0.29) is 12.0 Å². The van der Waals surface area contributed by atoms with Gasteiger partial charge in [0.05, 0.1) is 6.61 Å². The minimum absolute atomic E-state index is 0.132. The van der Waals surface area contributed by atoms with E-state index < -0.39 is 0 Å². The van der Waals surface area contributed by atoms with E-state index in [1.165, 1.54) is 29.7 Å². The van der Waals surface area contributed by atoms with Gasteiger partial charge in [0.15, 0.2) is 0 Å². The summed E-state index contributed by atoms with van der Waals surface area (Å²) in [6.07, 6.45) is 4.07. The molecule has 88 valence electrons. The molecule has 1 nitrogen and oxygen atoms in total. The zero-order chi connectivity index (χ0) is 11.6. The number of thioether (sulfide) groups is 1. The number of hydrogen-bond donors (Lipinski definition) is 1. The Morgan fingerprint density at radius 3 is 2.56 bits per heavy atom. The molecular formula is C14H20OS. The summed E-state index contributed by atoms with van der Waals surface area (Å²) < 4.78 is 0. The molecule has 1 aromatic rings. The van der Waals surface area contributed by atoms with Crippen LogP contribution in [0, 0.1) is 0 Å². The lowest BCUT2D eigenvalue weighted by Crippen LogP contribution is -2.23. The third-order valence-electron chi connectivity index (χ3n) is 3.36. The second kappa shape index (κ2) is 4.80. The van der Waals surface area contributed by atoms with Crippen molar-refractivity contribution in [2.45, 2.75) is 48.7 Å². The SMILES string of the molecule is CC(C)(CO)c1ccccc1SC1CCC1. The van der Waals surface area contributed by atoms with Crippen molar-refractivity contribution in [3.05, 3.63) is 29.8 Å². The maximum absolute atomic E-state index is 9.47. The van der Waals surface area contributed by atoms with Crippen LogP contribution in [0.1, 0.15) is 38.7 Å². The lowest BCUT2D eigenvalue weighted by atomic mass is 9.86. The highest BCUT2D eigenvalue weighted by atomic mass is 32.2. The molecule has 1 saturated carbocycles. The molecule has 0 atom stereocenters. The largest absolute Gasteiger partial charge is 0.395 e. The zero-order valence-corrected chi connectivity index (χ0v) is 10.9. The Hall–Kier alpha value is -0.470. The van der Waals surface area contributed by atoms with Gasteiger partial charge in [0.25, 0.3) is 0 Å². The van der Waals surface area contributed by atoms with Gasteiger partial charge in [0, 0.05) is 15.6 Å². The summed E-state index contributed by atoms with van der Waals surface area (Å²) in [7, 11) is 0. The first kappa shape index (κ1) is 12.0. The Bertz CT molecular complexity index is 356. The predicted molar refractivity (Wildman–Crippen MR) is 70.0 cm³/mol. The minimum atomic E-state index is -0.132.